The Hall–Kier alpha value is -3.91. The zero-order chi connectivity index (χ0) is 27.2. The van der Waals surface area contributed by atoms with Crippen LogP contribution >= 0.6 is 22.9 Å². The van der Waals surface area contributed by atoms with E-state index >= 15 is 0 Å². The Morgan fingerprint density at radius 2 is 2.15 bits per heavy atom. The Bertz CT molecular complexity index is 1550. The van der Waals surface area contributed by atoms with Crippen molar-refractivity contribution in [1.29, 1.82) is 0 Å². The van der Waals surface area contributed by atoms with Crippen LogP contribution in [0.15, 0.2) is 54.9 Å². The molecular weight excluding hydrogens is 541 g/mol. The van der Waals surface area contributed by atoms with E-state index < -0.39 is 6.09 Å². The maximum Gasteiger partial charge on any atom is 0.407 e. The predicted molar refractivity (Wildman–Crippen MR) is 150 cm³/mol. The first kappa shape index (κ1) is 26.7. The Morgan fingerprint density at radius 1 is 1.26 bits per heavy atom. The lowest BCUT2D eigenvalue weighted by Crippen LogP contribution is -2.29. The lowest BCUT2D eigenvalue weighted by molar-refractivity contribution is 0.107. The van der Waals surface area contributed by atoms with Gasteiger partial charge in [0, 0.05) is 25.2 Å². The summed E-state index contributed by atoms with van der Waals surface area (Å²) in [5.41, 5.74) is 2.22. The molecule has 2 aromatic carbocycles. The number of hydrogen-bond acceptors (Lipinski definition) is 8. The molecule has 1 saturated heterocycles. The lowest BCUT2D eigenvalue weighted by atomic mass is 10.2. The van der Waals surface area contributed by atoms with Gasteiger partial charge in [0.25, 0.3) is 0 Å². The van der Waals surface area contributed by atoms with Crippen LogP contribution in [0.5, 0.6) is 5.75 Å². The highest BCUT2D eigenvalue weighted by Crippen LogP contribution is 2.33. The maximum absolute atomic E-state index is 13.4. The monoisotopic (exact) mass is 565 g/mol. The SMILES string of the molecule is CCNC(=O)O[C@H]1CN[C@H](C#Cc2cc3ncnc(Nc4ccc(OCc5cccc(F)c5)c(Cl)c4)c3s2)C1. The number of anilines is 2. The molecule has 0 radical (unpaired) electrons. The van der Waals surface area contributed by atoms with E-state index in [1.807, 2.05) is 19.1 Å². The Balaban J connectivity index is 1.24. The summed E-state index contributed by atoms with van der Waals surface area (Å²) in [6.07, 6.45) is 1.51. The smallest absolute Gasteiger partial charge is 0.407 e. The summed E-state index contributed by atoms with van der Waals surface area (Å²) in [4.78, 5) is 21.3. The molecule has 11 heteroatoms. The standard InChI is InChI=1S/C28H25ClFN5O3S/c1-2-31-28(36)38-21-11-19(32-14-21)6-8-22-13-24-26(39-22)27(34-16-33-24)35-20-7-9-25(23(29)12-20)37-15-17-4-3-5-18(30)10-17/h3-5,7,9-10,12-13,16,19,21,32H,2,11,14-15H2,1H3,(H,31,36)(H,33,34,35)/t19-,21-/m1/s1. The minimum absolute atomic E-state index is 0.0675. The van der Waals surface area contributed by atoms with Crippen LogP contribution in [0.4, 0.5) is 20.7 Å². The number of hydrogen-bond donors (Lipinski definition) is 3. The van der Waals surface area contributed by atoms with Crippen molar-refractivity contribution in [2.45, 2.75) is 32.1 Å². The first-order valence-electron chi connectivity index (χ1n) is 12.3. The summed E-state index contributed by atoms with van der Waals surface area (Å²) in [6, 6.07) is 13.4. The number of ether oxygens (including phenoxy) is 2. The van der Waals surface area contributed by atoms with E-state index in [0.717, 1.165) is 20.8 Å². The number of rotatable bonds is 7. The summed E-state index contributed by atoms with van der Waals surface area (Å²) in [6.45, 7) is 3.14. The zero-order valence-electron chi connectivity index (χ0n) is 21.0. The minimum atomic E-state index is -0.409. The van der Waals surface area contributed by atoms with Gasteiger partial charge in [-0.15, -0.1) is 11.3 Å². The van der Waals surface area contributed by atoms with Gasteiger partial charge in [0.1, 0.15) is 30.6 Å². The highest BCUT2D eigenvalue weighted by atomic mass is 35.5. The molecule has 3 heterocycles. The molecule has 0 unspecified atom stereocenters. The van der Waals surface area contributed by atoms with Crippen LogP contribution in [-0.2, 0) is 11.3 Å². The Kier molecular flexibility index (Phi) is 8.42. The van der Waals surface area contributed by atoms with E-state index in [9.17, 15) is 9.18 Å². The summed E-state index contributed by atoms with van der Waals surface area (Å²) >= 11 is 7.93. The summed E-state index contributed by atoms with van der Waals surface area (Å²) < 4.78 is 25.4. The van der Waals surface area contributed by atoms with E-state index in [-0.39, 0.29) is 24.6 Å². The first-order chi connectivity index (χ1) is 19.0. The van der Waals surface area contributed by atoms with Crippen molar-refractivity contribution in [3.05, 3.63) is 76.1 Å². The number of amides is 1. The van der Waals surface area contributed by atoms with Gasteiger partial charge in [0.2, 0.25) is 0 Å². The fourth-order valence-corrected chi connectivity index (χ4v) is 5.18. The van der Waals surface area contributed by atoms with Crippen LogP contribution in [-0.4, -0.2) is 41.3 Å². The number of aromatic nitrogens is 2. The zero-order valence-corrected chi connectivity index (χ0v) is 22.5. The van der Waals surface area contributed by atoms with Gasteiger partial charge in [-0.25, -0.2) is 19.2 Å². The van der Waals surface area contributed by atoms with E-state index in [4.69, 9.17) is 21.1 Å². The second kappa shape index (κ2) is 12.3. The third-order valence-electron chi connectivity index (χ3n) is 5.84. The molecule has 2 aromatic heterocycles. The highest BCUT2D eigenvalue weighted by molar-refractivity contribution is 7.20. The van der Waals surface area contributed by atoms with E-state index in [2.05, 4.69) is 37.8 Å². The maximum atomic E-state index is 13.4. The summed E-state index contributed by atoms with van der Waals surface area (Å²) in [5, 5.41) is 9.62. The van der Waals surface area contributed by atoms with Crippen LogP contribution in [0.2, 0.25) is 5.02 Å². The van der Waals surface area contributed by atoms with Crippen LogP contribution in [0.3, 0.4) is 0 Å². The molecule has 1 aliphatic rings. The van der Waals surface area contributed by atoms with Crippen molar-refractivity contribution < 1.29 is 18.7 Å². The van der Waals surface area contributed by atoms with Gasteiger partial charge >= 0.3 is 6.09 Å². The van der Waals surface area contributed by atoms with Crippen LogP contribution < -0.4 is 20.7 Å². The van der Waals surface area contributed by atoms with Crippen molar-refractivity contribution in [3.8, 4) is 17.6 Å². The fraction of sp³-hybridized carbons (Fsp3) is 0.250. The molecule has 3 N–H and O–H groups in total. The van der Waals surface area contributed by atoms with Gasteiger partial charge in [-0.1, -0.05) is 35.6 Å². The van der Waals surface area contributed by atoms with Crippen LogP contribution in [0, 0.1) is 17.7 Å². The Labute approximate surface area is 233 Å². The third kappa shape index (κ3) is 6.95. The molecule has 4 aromatic rings. The number of alkyl carbamates (subject to hydrolysis) is 1. The molecule has 1 amide bonds. The predicted octanol–water partition coefficient (Wildman–Crippen LogP) is 5.63. The molecule has 0 spiro atoms. The van der Waals surface area contributed by atoms with Crippen molar-refractivity contribution in [2.75, 3.05) is 18.4 Å². The lowest BCUT2D eigenvalue weighted by Gasteiger charge is -2.11. The van der Waals surface area contributed by atoms with Crippen LogP contribution in [0.1, 0.15) is 23.8 Å². The molecule has 0 bridgehead atoms. The topological polar surface area (TPSA) is 97.4 Å². The fourth-order valence-electron chi connectivity index (χ4n) is 4.02. The van der Waals surface area contributed by atoms with Gasteiger partial charge in [-0.3, -0.25) is 5.32 Å². The molecule has 8 nitrogen and oxygen atoms in total. The van der Waals surface area contributed by atoms with E-state index in [1.54, 1.807) is 24.3 Å². The van der Waals surface area contributed by atoms with Crippen molar-refractivity contribution in [3.63, 3.8) is 0 Å². The van der Waals surface area contributed by atoms with Crippen LogP contribution in [0.25, 0.3) is 10.2 Å². The number of thiophene rings is 1. The summed E-state index contributed by atoms with van der Waals surface area (Å²) in [7, 11) is 0. The van der Waals surface area contributed by atoms with Gasteiger partial charge in [-0.2, -0.15) is 0 Å². The molecule has 5 rings (SSSR count). The quantitative estimate of drug-likeness (QED) is 0.250. The van der Waals surface area contributed by atoms with Gasteiger partial charge in [0.05, 0.1) is 26.2 Å². The number of benzene rings is 2. The molecular formula is C28H25ClFN5O3S. The van der Waals surface area contributed by atoms with E-state index in [1.165, 1.54) is 29.8 Å². The number of carbonyl (C=O) groups is 1. The minimum Gasteiger partial charge on any atom is -0.487 e. The molecule has 1 aliphatic heterocycles. The van der Waals surface area contributed by atoms with E-state index in [0.29, 0.717) is 41.7 Å². The van der Waals surface area contributed by atoms with Gasteiger partial charge < -0.3 is 20.1 Å². The second-order valence-corrected chi connectivity index (χ2v) is 10.2. The number of fused-ring (bicyclic) bond motifs is 1. The molecule has 1 fully saturated rings. The number of nitrogens with one attached hydrogen (secondary N) is 3. The number of nitrogens with zero attached hydrogens (tertiary/aromatic N) is 2. The van der Waals surface area contributed by atoms with Gasteiger partial charge in [0.15, 0.2) is 5.82 Å². The van der Waals surface area contributed by atoms with Crippen molar-refractivity contribution in [2.24, 2.45) is 0 Å². The van der Waals surface area contributed by atoms with Crippen molar-refractivity contribution >= 4 is 50.8 Å². The highest BCUT2D eigenvalue weighted by Gasteiger charge is 2.25. The molecule has 0 aliphatic carbocycles. The molecule has 2 atom stereocenters. The number of halogens is 2. The largest absolute Gasteiger partial charge is 0.487 e. The normalized spacial score (nSPS) is 16.4. The van der Waals surface area contributed by atoms with Crippen molar-refractivity contribution in [1.82, 2.24) is 20.6 Å². The third-order valence-corrected chi connectivity index (χ3v) is 7.19. The summed E-state index contributed by atoms with van der Waals surface area (Å²) in [5.74, 6) is 7.24. The average Bonchev–Trinajstić information content (AvgIpc) is 3.54. The number of carbonyl (C=O) groups excluding carboxylic acids is 1. The molecule has 39 heavy (non-hydrogen) atoms. The average molecular weight is 566 g/mol. The molecule has 200 valence electrons. The Morgan fingerprint density at radius 3 is 2.97 bits per heavy atom. The first-order valence-corrected chi connectivity index (χ1v) is 13.5. The van der Waals surface area contributed by atoms with Gasteiger partial charge in [-0.05, 0) is 48.9 Å². The molecule has 0 saturated carbocycles. The second-order valence-electron chi connectivity index (χ2n) is 8.76.